The Morgan fingerprint density at radius 3 is 2.58 bits per heavy atom. The van der Waals surface area contributed by atoms with Crippen LogP contribution in [0.5, 0.6) is 0 Å². The topological polar surface area (TPSA) is 116 Å². The molecule has 43 heavy (non-hydrogen) atoms. The normalized spacial score (nSPS) is 18.8. The number of hydrogen-bond donors (Lipinski definition) is 1. The summed E-state index contributed by atoms with van der Waals surface area (Å²) in [6.07, 6.45) is -0.414. The zero-order chi connectivity index (χ0) is 30.7. The van der Waals surface area contributed by atoms with Crippen LogP contribution in [0.25, 0.3) is 0 Å². The summed E-state index contributed by atoms with van der Waals surface area (Å²) < 4.78 is 47.4. The highest BCUT2D eigenvalue weighted by Crippen LogP contribution is 2.37. The van der Waals surface area contributed by atoms with E-state index >= 15 is 0 Å². The number of alkyl halides is 2. The van der Waals surface area contributed by atoms with Crippen molar-refractivity contribution in [2.75, 3.05) is 16.4 Å². The van der Waals surface area contributed by atoms with Gasteiger partial charge in [-0.15, -0.1) is 0 Å². The number of hydrogen-bond acceptors (Lipinski definition) is 6. The molecule has 2 atom stereocenters. The summed E-state index contributed by atoms with van der Waals surface area (Å²) in [5.41, 5.74) is 0.323. The SMILES string of the molecule is N#Cc1ccnc(N2C(=O)OC[C@H]2C(=O)N(c2cccc(F)c2)C(C(=O)NC2CCC(F)(F)CC2)c2ccccc2Cl)c1. The molecule has 2 heterocycles. The number of nitrogens with one attached hydrogen (secondary N) is 1. The lowest BCUT2D eigenvalue weighted by Crippen LogP contribution is -2.54. The van der Waals surface area contributed by atoms with Crippen LogP contribution < -0.4 is 15.1 Å². The molecule has 2 fully saturated rings. The predicted molar refractivity (Wildman–Crippen MR) is 150 cm³/mol. The Bertz CT molecular complexity index is 1590. The van der Waals surface area contributed by atoms with Crippen molar-refractivity contribution in [1.29, 1.82) is 5.26 Å². The van der Waals surface area contributed by atoms with Crippen molar-refractivity contribution in [2.45, 2.75) is 49.7 Å². The van der Waals surface area contributed by atoms with Gasteiger partial charge >= 0.3 is 6.09 Å². The van der Waals surface area contributed by atoms with Crippen LogP contribution in [0.4, 0.5) is 29.5 Å². The third-order valence-corrected chi connectivity index (χ3v) is 7.72. The molecule has 0 spiro atoms. The second kappa shape index (κ2) is 12.3. The first-order chi connectivity index (χ1) is 20.6. The molecule has 5 rings (SSSR count). The highest BCUT2D eigenvalue weighted by molar-refractivity contribution is 6.31. The quantitative estimate of drug-likeness (QED) is 0.375. The van der Waals surface area contributed by atoms with Gasteiger partial charge in [-0.05, 0) is 49.2 Å². The van der Waals surface area contributed by atoms with Crippen LogP contribution in [0.1, 0.15) is 42.9 Å². The highest BCUT2D eigenvalue weighted by Gasteiger charge is 2.46. The molecule has 3 amide bonds. The number of carbonyl (C=O) groups excluding carboxylic acids is 3. The van der Waals surface area contributed by atoms with Gasteiger partial charge in [0.1, 0.15) is 24.3 Å². The second-order valence-electron chi connectivity index (χ2n) is 10.2. The monoisotopic (exact) mass is 611 g/mol. The molecule has 1 unspecified atom stereocenters. The Kier molecular flexibility index (Phi) is 8.54. The van der Waals surface area contributed by atoms with E-state index in [1.54, 1.807) is 12.1 Å². The number of nitriles is 1. The van der Waals surface area contributed by atoms with Gasteiger partial charge in [-0.1, -0.05) is 35.9 Å². The minimum atomic E-state index is -2.83. The Morgan fingerprint density at radius 2 is 1.88 bits per heavy atom. The lowest BCUT2D eigenvalue weighted by atomic mass is 9.91. The van der Waals surface area contributed by atoms with Gasteiger partial charge in [0.15, 0.2) is 6.04 Å². The number of pyridine rings is 1. The number of ether oxygens (including phenoxy) is 1. The Balaban J connectivity index is 1.59. The maximum atomic E-state index is 14.6. The summed E-state index contributed by atoms with van der Waals surface area (Å²) in [5.74, 6) is -5.15. The summed E-state index contributed by atoms with van der Waals surface area (Å²) in [6.45, 7) is -0.434. The van der Waals surface area contributed by atoms with Crippen molar-refractivity contribution in [2.24, 2.45) is 0 Å². The average Bonchev–Trinajstić information content (AvgIpc) is 3.38. The fourth-order valence-corrected chi connectivity index (χ4v) is 5.46. The van der Waals surface area contributed by atoms with Gasteiger partial charge in [-0.25, -0.2) is 27.8 Å². The summed E-state index contributed by atoms with van der Waals surface area (Å²) >= 11 is 6.53. The van der Waals surface area contributed by atoms with Gasteiger partial charge in [-0.3, -0.25) is 14.5 Å². The van der Waals surface area contributed by atoms with Gasteiger partial charge in [-0.2, -0.15) is 5.26 Å². The average molecular weight is 612 g/mol. The van der Waals surface area contributed by atoms with E-state index in [9.17, 15) is 32.8 Å². The van der Waals surface area contributed by atoms with Crippen LogP contribution in [0.3, 0.4) is 0 Å². The molecule has 1 aromatic heterocycles. The van der Waals surface area contributed by atoms with Gasteiger partial charge in [0.2, 0.25) is 11.8 Å². The molecular weight excluding hydrogens is 587 g/mol. The predicted octanol–water partition coefficient (Wildman–Crippen LogP) is 5.54. The van der Waals surface area contributed by atoms with Crippen molar-refractivity contribution in [3.05, 3.63) is 88.8 Å². The molecule has 222 valence electrons. The second-order valence-corrected chi connectivity index (χ2v) is 10.6. The van der Waals surface area contributed by atoms with Crippen molar-refractivity contribution in [3.63, 3.8) is 0 Å². The number of carbonyl (C=O) groups is 3. The summed E-state index contributed by atoms with van der Waals surface area (Å²) in [5, 5.41) is 12.2. The van der Waals surface area contributed by atoms with Crippen LogP contribution in [-0.2, 0) is 14.3 Å². The molecule has 13 heteroatoms. The van der Waals surface area contributed by atoms with Crippen LogP contribution in [0.2, 0.25) is 5.02 Å². The maximum Gasteiger partial charge on any atom is 0.416 e. The first-order valence-corrected chi connectivity index (χ1v) is 13.8. The molecular formula is C30H25ClF3N5O4. The number of rotatable bonds is 7. The summed E-state index contributed by atoms with van der Waals surface area (Å²) in [6, 6.07) is 12.4. The number of halogens is 4. The Hall–Kier alpha value is -4.63. The van der Waals surface area contributed by atoms with E-state index in [0.717, 1.165) is 21.9 Å². The maximum absolute atomic E-state index is 14.6. The Morgan fingerprint density at radius 1 is 1.14 bits per heavy atom. The van der Waals surface area contributed by atoms with Crippen molar-refractivity contribution in [3.8, 4) is 6.07 Å². The lowest BCUT2D eigenvalue weighted by molar-refractivity contribution is -0.128. The number of anilines is 2. The molecule has 1 saturated heterocycles. The van der Waals surface area contributed by atoms with E-state index < -0.39 is 67.2 Å². The third-order valence-electron chi connectivity index (χ3n) is 7.37. The molecule has 0 bridgehead atoms. The number of aromatic nitrogens is 1. The molecule has 3 aromatic rings. The molecule has 2 aromatic carbocycles. The van der Waals surface area contributed by atoms with Gasteiger partial charge in [0, 0.05) is 41.4 Å². The van der Waals surface area contributed by atoms with E-state index in [-0.39, 0.29) is 40.5 Å². The molecule has 0 radical (unpaired) electrons. The molecule has 1 aliphatic carbocycles. The van der Waals surface area contributed by atoms with Crippen molar-refractivity contribution in [1.82, 2.24) is 10.3 Å². The standard InChI is InChI=1S/C30H25ClF3N5O4/c31-23-7-2-1-6-22(23)26(27(40)37-20-8-11-30(33,34)12-9-20)38(21-5-3-4-19(32)15-21)28(41)24-17-43-29(42)39(24)25-14-18(16-35)10-13-36-25/h1-7,10,13-15,20,24,26H,8-9,11-12,17H2,(H,37,40)/t24-,26?/m0/s1. The van der Waals surface area contributed by atoms with Crippen LogP contribution in [0, 0.1) is 17.1 Å². The lowest BCUT2D eigenvalue weighted by Gasteiger charge is -2.36. The van der Waals surface area contributed by atoms with Gasteiger partial charge < -0.3 is 10.1 Å². The van der Waals surface area contributed by atoms with E-state index in [4.69, 9.17) is 16.3 Å². The van der Waals surface area contributed by atoms with E-state index in [1.807, 2.05) is 6.07 Å². The molecule has 2 aliphatic rings. The smallest absolute Gasteiger partial charge is 0.416 e. The third kappa shape index (κ3) is 6.41. The minimum Gasteiger partial charge on any atom is -0.446 e. The zero-order valence-corrected chi connectivity index (χ0v) is 23.3. The molecule has 1 aliphatic heterocycles. The first-order valence-electron chi connectivity index (χ1n) is 13.4. The minimum absolute atomic E-state index is 0.0154. The number of amides is 3. The fraction of sp³-hybridized carbons (Fsp3) is 0.300. The number of cyclic esters (lactones) is 1. The van der Waals surface area contributed by atoms with E-state index in [1.165, 1.54) is 42.6 Å². The van der Waals surface area contributed by atoms with Gasteiger partial charge in [0.25, 0.3) is 5.91 Å². The van der Waals surface area contributed by atoms with Crippen LogP contribution >= 0.6 is 11.6 Å². The number of benzene rings is 2. The largest absolute Gasteiger partial charge is 0.446 e. The number of nitrogens with zero attached hydrogens (tertiary/aromatic N) is 4. The zero-order valence-electron chi connectivity index (χ0n) is 22.6. The summed E-state index contributed by atoms with van der Waals surface area (Å²) in [7, 11) is 0. The Labute approximate surface area is 249 Å². The molecule has 1 saturated carbocycles. The first kappa shape index (κ1) is 29.8. The van der Waals surface area contributed by atoms with Gasteiger partial charge in [0.05, 0.1) is 11.6 Å². The summed E-state index contributed by atoms with van der Waals surface area (Å²) in [4.78, 5) is 47.4. The van der Waals surface area contributed by atoms with Crippen LogP contribution in [-0.4, -0.2) is 47.5 Å². The molecule has 1 N–H and O–H groups in total. The highest BCUT2D eigenvalue weighted by atomic mass is 35.5. The molecule has 9 nitrogen and oxygen atoms in total. The van der Waals surface area contributed by atoms with Crippen LogP contribution in [0.15, 0.2) is 66.9 Å². The van der Waals surface area contributed by atoms with E-state index in [0.29, 0.717) is 0 Å². The fourth-order valence-electron chi connectivity index (χ4n) is 5.23. The van der Waals surface area contributed by atoms with E-state index in [2.05, 4.69) is 10.3 Å². The van der Waals surface area contributed by atoms with Crippen molar-refractivity contribution < 1.29 is 32.3 Å². The van der Waals surface area contributed by atoms with Crippen molar-refractivity contribution >= 4 is 41.0 Å².